The number of carbonyl (C=O) groups is 1. The summed E-state index contributed by atoms with van der Waals surface area (Å²) in [6, 6.07) is 7.33. The Hall–Kier alpha value is -2.41. The summed E-state index contributed by atoms with van der Waals surface area (Å²) in [4.78, 5) is 16.6. The van der Waals surface area contributed by atoms with Gasteiger partial charge in [-0.1, -0.05) is 0 Å². The van der Waals surface area contributed by atoms with E-state index in [2.05, 4.69) is 27.6 Å². The van der Waals surface area contributed by atoms with Gasteiger partial charge in [-0.25, -0.2) is 9.78 Å². The Kier molecular flexibility index (Phi) is 3.95. The molecule has 1 aromatic heterocycles. The Labute approximate surface area is 146 Å². The summed E-state index contributed by atoms with van der Waals surface area (Å²) in [5.41, 5.74) is 1.36. The van der Waals surface area contributed by atoms with Crippen LogP contribution in [-0.2, 0) is 11.8 Å². The van der Waals surface area contributed by atoms with E-state index in [1.54, 1.807) is 11.0 Å². The number of nitrogens with zero attached hydrogens (tertiary/aromatic N) is 3. The number of benzene rings is 1. The van der Waals surface area contributed by atoms with Crippen LogP contribution in [0.4, 0.5) is 10.5 Å². The van der Waals surface area contributed by atoms with E-state index in [1.165, 1.54) is 12.8 Å². The minimum absolute atomic E-state index is 0.135. The molecule has 132 valence electrons. The van der Waals surface area contributed by atoms with E-state index in [9.17, 15) is 4.79 Å². The average molecular weight is 341 g/mol. The van der Waals surface area contributed by atoms with E-state index in [-0.39, 0.29) is 17.7 Å². The fraction of sp³-hybridized carbons (Fsp3) is 0.500. The average Bonchev–Trinajstić information content (AvgIpc) is 3.21. The van der Waals surface area contributed by atoms with Crippen LogP contribution >= 0.6 is 0 Å². The second kappa shape index (κ2) is 6.15. The molecule has 4 rings (SSSR count). The number of ether oxygens (including phenoxy) is 1. The van der Waals surface area contributed by atoms with Crippen molar-refractivity contribution >= 4 is 11.7 Å². The molecule has 2 atom stereocenters. The van der Waals surface area contributed by atoms with Gasteiger partial charge in [-0.05, 0) is 56.4 Å². The van der Waals surface area contributed by atoms with Crippen molar-refractivity contribution in [3.8, 4) is 11.4 Å². The van der Waals surface area contributed by atoms with Gasteiger partial charge < -0.3 is 15.4 Å². The molecule has 1 aromatic carbocycles. The van der Waals surface area contributed by atoms with Gasteiger partial charge in [0.2, 0.25) is 0 Å². The SMILES string of the molecule is Cn1cnc(-c2ccc(NC(=O)N[C@]3(C)CCO[C@H]3C3CC3)cc2)n1. The highest BCUT2D eigenvalue weighted by atomic mass is 16.5. The number of hydrogen-bond acceptors (Lipinski definition) is 4. The molecule has 2 N–H and O–H groups in total. The maximum atomic E-state index is 12.4. The molecule has 0 spiro atoms. The Balaban J connectivity index is 1.39. The largest absolute Gasteiger partial charge is 0.375 e. The molecule has 0 unspecified atom stereocenters. The van der Waals surface area contributed by atoms with E-state index in [0.717, 1.165) is 17.7 Å². The fourth-order valence-electron chi connectivity index (χ4n) is 3.51. The second-order valence-corrected chi connectivity index (χ2v) is 7.19. The lowest BCUT2D eigenvalue weighted by Crippen LogP contribution is -2.53. The number of aromatic nitrogens is 3. The van der Waals surface area contributed by atoms with Crippen LogP contribution in [-0.4, -0.2) is 39.0 Å². The molecule has 2 heterocycles. The summed E-state index contributed by atoms with van der Waals surface area (Å²) < 4.78 is 7.51. The standard InChI is InChI=1S/C18H23N5O2/c1-18(9-10-25-15(18)12-3-4-12)21-17(24)20-14-7-5-13(6-8-14)16-19-11-23(2)22-16/h5-8,11-12,15H,3-4,9-10H2,1-2H3,(H2,20,21,24)/t15-,18+/m0/s1. The smallest absolute Gasteiger partial charge is 0.319 e. The monoisotopic (exact) mass is 341 g/mol. The van der Waals surface area contributed by atoms with Gasteiger partial charge in [0.05, 0.1) is 11.6 Å². The lowest BCUT2D eigenvalue weighted by atomic mass is 9.90. The van der Waals surface area contributed by atoms with Gasteiger partial charge in [-0.2, -0.15) is 5.10 Å². The van der Waals surface area contributed by atoms with Crippen molar-refractivity contribution in [1.82, 2.24) is 20.1 Å². The molecule has 0 radical (unpaired) electrons. The first-order chi connectivity index (χ1) is 12.0. The summed E-state index contributed by atoms with van der Waals surface area (Å²) in [6.45, 7) is 2.79. The Morgan fingerprint density at radius 2 is 2.08 bits per heavy atom. The quantitative estimate of drug-likeness (QED) is 0.895. The minimum Gasteiger partial charge on any atom is -0.375 e. The summed E-state index contributed by atoms with van der Waals surface area (Å²) in [6.07, 6.45) is 5.05. The fourth-order valence-corrected chi connectivity index (χ4v) is 3.51. The molecular weight excluding hydrogens is 318 g/mol. The van der Waals surface area contributed by atoms with Crippen molar-refractivity contribution in [2.45, 2.75) is 37.8 Å². The first-order valence-corrected chi connectivity index (χ1v) is 8.70. The number of carbonyl (C=O) groups excluding carboxylic acids is 1. The van der Waals surface area contributed by atoms with Crippen molar-refractivity contribution in [1.29, 1.82) is 0 Å². The van der Waals surface area contributed by atoms with Crippen LogP contribution in [0.15, 0.2) is 30.6 Å². The van der Waals surface area contributed by atoms with Gasteiger partial charge in [-0.15, -0.1) is 0 Å². The van der Waals surface area contributed by atoms with E-state index in [4.69, 9.17) is 4.74 Å². The predicted octanol–water partition coefficient (Wildman–Crippen LogP) is 2.56. The van der Waals surface area contributed by atoms with E-state index in [0.29, 0.717) is 18.3 Å². The lowest BCUT2D eigenvalue weighted by molar-refractivity contribution is 0.0597. The van der Waals surface area contributed by atoms with Crippen LogP contribution in [0.3, 0.4) is 0 Å². The number of amides is 2. The molecule has 2 aromatic rings. The molecule has 1 aliphatic carbocycles. The van der Waals surface area contributed by atoms with Crippen molar-refractivity contribution in [3.05, 3.63) is 30.6 Å². The van der Waals surface area contributed by atoms with Crippen molar-refractivity contribution in [2.75, 3.05) is 11.9 Å². The van der Waals surface area contributed by atoms with E-state index < -0.39 is 0 Å². The molecule has 1 saturated heterocycles. The molecule has 1 aliphatic heterocycles. The number of aryl methyl sites for hydroxylation is 1. The highest BCUT2D eigenvalue weighted by Gasteiger charge is 2.49. The lowest BCUT2D eigenvalue weighted by Gasteiger charge is -2.31. The number of urea groups is 1. The summed E-state index contributed by atoms with van der Waals surface area (Å²) >= 11 is 0. The van der Waals surface area contributed by atoms with Gasteiger partial charge in [-0.3, -0.25) is 4.68 Å². The summed E-state index contributed by atoms with van der Waals surface area (Å²) in [7, 11) is 1.83. The molecule has 7 heteroatoms. The number of rotatable bonds is 4. The third-order valence-electron chi connectivity index (χ3n) is 5.00. The number of hydrogen-bond donors (Lipinski definition) is 2. The maximum Gasteiger partial charge on any atom is 0.319 e. The zero-order chi connectivity index (χ0) is 17.4. The van der Waals surface area contributed by atoms with Gasteiger partial charge in [0.1, 0.15) is 6.33 Å². The second-order valence-electron chi connectivity index (χ2n) is 7.19. The van der Waals surface area contributed by atoms with Crippen LogP contribution < -0.4 is 10.6 Å². The van der Waals surface area contributed by atoms with Crippen molar-refractivity contribution in [3.63, 3.8) is 0 Å². The molecule has 1 saturated carbocycles. The van der Waals surface area contributed by atoms with Crippen LogP contribution in [0.2, 0.25) is 0 Å². The molecule has 2 fully saturated rings. The van der Waals surface area contributed by atoms with Gasteiger partial charge >= 0.3 is 6.03 Å². The summed E-state index contributed by atoms with van der Waals surface area (Å²) in [5.74, 6) is 1.26. The molecule has 7 nitrogen and oxygen atoms in total. The highest BCUT2D eigenvalue weighted by Crippen LogP contribution is 2.43. The number of anilines is 1. The highest BCUT2D eigenvalue weighted by molar-refractivity contribution is 5.90. The van der Waals surface area contributed by atoms with Gasteiger partial charge in [0.25, 0.3) is 0 Å². The van der Waals surface area contributed by atoms with Crippen LogP contribution in [0.5, 0.6) is 0 Å². The van der Waals surface area contributed by atoms with Crippen molar-refractivity contribution in [2.24, 2.45) is 13.0 Å². The Morgan fingerprint density at radius 1 is 1.32 bits per heavy atom. The zero-order valence-electron chi connectivity index (χ0n) is 14.5. The Morgan fingerprint density at radius 3 is 2.72 bits per heavy atom. The van der Waals surface area contributed by atoms with E-state index in [1.807, 2.05) is 31.3 Å². The normalized spacial score (nSPS) is 25.8. The third kappa shape index (κ3) is 3.37. The predicted molar refractivity (Wildman–Crippen MR) is 94.1 cm³/mol. The van der Waals surface area contributed by atoms with E-state index >= 15 is 0 Å². The topological polar surface area (TPSA) is 81.1 Å². The Bertz CT molecular complexity index is 768. The maximum absolute atomic E-state index is 12.4. The van der Waals surface area contributed by atoms with Crippen LogP contribution in [0.1, 0.15) is 26.2 Å². The summed E-state index contributed by atoms with van der Waals surface area (Å²) in [5, 5.41) is 10.3. The molecule has 25 heavy (non-hydrogen) atoms. The number of nitrogens with one attached hydrogen (secondary N) is 2. The zero-order valence-corrected chi connectivity index (χ0v) is 14.5. The molecule has 2 amide bonds. The van der Waals surface area contributed by atoms with Gasteiger partial charge in [0, 0.05) is 24.9 Å². The first kappa shape index (κ1) is 16.1. The molecular formula is C18H23N5O2. The van der Waals surface area contributed by atoms with Crippen molar-refractivity contribution < 1.29 is 9.53 Å². The van der Waals surface area contributed by atoms with Crippen LogP contribution in [0.25, 0.3) is 11.4 Å². The molecule has 0 bridgehead atoms. The third-order valence-corrected chi connectivity index (χ3v) is 5.00. The first-order valence-electron chi connectivity index (χ1n) is 8.70. The van der Waals surface area contributed by atoms with Crippen LogP contribution in [0, 0.1) is 5.92 Å². The molecule has 2 aliphatic rings. The van der Waals surface area contributed by atoms with Gasteiger partial charge in [0.15, 0.2) is 5.82 Å². The minimum atomic E-state index is -0.289.